The molecule has 1 saturated carbocycles. The Morgan fingerprint density at radius 3 is 2.62 bits per heavy atom. The molecule has 8 nitrogen and oxygen atoms in total. The summed E-state index contributed by atoms with van der Waals surface area (Å²) in [5, 5.41) is 3.19. The van der Waals surface area contributed by atoms with Crippen molar-refractivity contribution in [3.63, 3.8) is 0 Å². The number of carbonyl (C=O) groups excluding carboxylic acids is 3. The minimum atomic E-state index is -0.729. The van der Waals surface area contributed by atoms with E-state index in [-0.39, 0.29) is 28.4 Å². The van der Waals surface area contributed by atoms with Gasteiger partial charge in [0.25, 0.3) is 5.91 Å². The lowest BCUT2D eigenvalue weighted by Crippen LogP contribution is -2.52. The van der Waals surface area contributed by atoms with Crippen molar-refractivity contribution in [3.8, 4) is 5.75 Å². The largest absolute Gasteiger partial charge is 0.422 e. The van der Waals surface area contributed by atoms with E-state index in [1.807, 2.05) is 0 Å². The summed E-state index contributed by atoms with van der Waals surface area (Å²) in [6.07, 6.45) is 5.30. The standard InChI is InChI=1S/C27H26ClFN4O4/c28-20-15-17(29)7-8-21(20)33-14-4-11-27(26(33)36)12-9-18(10-13-27)32-24(34)22-23(31-16-30-22)25(35)37-19-5-2-1-3-6-19/h1-3,5-8,15-16,18H,4,9-14H2,(H,30,31)(H,32,34). The molecule has 2 heterocycles. The number of H-pyrrole nitrogens is 1. The molecule has 1 saturated heterocycles. The summed E-state index contributed by atoms with van der Waals surface area (Å²) in [4.78, 5) is 47.5. The van der Waals surface area contributed by atoms with E-state index in [1.165, 1.54) is 18.5 Å². The van der Waals surface area contributed by atoms with Crippen molar-refractivity contribution < 1.29 is 23.5 Å². The molecule has 37 heavy (non-hydrogen) atoms. The Morgan fingerprint density at radius 2 is 1.89 bits per heavy atom. The zero-order chi connectivity index (χ0) is 26.0. The van der Waals surface area contributed by atoms with Crippen LogP contribution in [0.15, 0.2) is 54.9 Å². The number of hydrogen-bond acceptors (Lipinski definition) is 5. The molecule has 1 spiro atoms. The van der Waals surface area contributed by atoms with Crippen LogP contribution in [0, 0.1) is 11.2 Å². The second kappa shape index (κ2) is 10.3. The minimum absolute atomic E-state index is 0.00320. The lowest BCUT2D eigenvalue weighted by Gasteiger charge is -2.45. The van der Waals surface area contributed by atoms with Gasteiger partial charge in [-0.15, -0.1) is 0 Å². The molecule has 1 aliphatic heterocycles. The number of hydrogen-bond donors (Lipinski definition) is 2. The Balaban J connectivity index is 1.22. The van der Waals surface area contributed by atoms with Gasteiger partial charge in [0.15, 0.2) is 5.69 Å². The van der Waals surface area contributed by atoms with Crippen LogP contribution in [0.1, 0.15) is 59.5 Å². The Morgan fingerprint density at radius 1 is 1.14 bits per heavy atom. The Hall–Kier alpha value is -3.72. The first-order chi connectivity index (χ1) is 17.9. The highest BCUT2D eigenvalue weighted by molar-refractivity contribution is 6.33. The van der Waals surface area contributed by atoms with E-state index in [9.17, 15) is 18.8 Å². The molecular weight excluding hydrogens is 499 g/mol. The first-order valence-corrected chi connectivity index (χ1v) is 12.6. The fourth-order valence-electron chi connectivity index (χ4n) is 5.30. The normalized spacial score (nSPS) is 21.6. The molecule has 2 amide bonds. The number of halogens is 2. The predicted octanol–water partition coefficient (Wildman–Crippen LogP) is 4.91. The van der Waals surface area contributed by atoms with Crippen molar-refractivity contribution in [1.29, 1.82) is 0 Å². The quantitative estimate of drug-likeness (QED) is 0.364. The van der Waals surface area contributed by atoms with Crippen LogP contribution in [0.4, 0.5) is 10.1 Å². The van der Waals surface area contributed by atoms with Gasteiger partial charge in [-0.05, 0) is 68.9 Å². The third kappa shape index (κ3) is 5.09. The zero-order valence-electron chi connectivity index (χ0n) is 20.0. The van der Waals surface area contributed by atoms with Gasteiger partial charge in [-0.3, -0.25) is 9.59 Å². The van der Waals surface area contributed by atoms with Crippen LogP contribution >= 0.6 is 11.6 Å². The third-order valence-corrected chi connectivity index (χ3v) is 7.53. The zero-order valence-corrected chi connectivity index (χ0v) is 20.8. The van der Waals surface area contributed by atoms with Gasteiger partial charge in [0.1, 0.15) is 17.3 Å². The van der Waals surface area contributed by atoms with Crippen molar-refractivity contribution in [2.24, 2.45) is 5.41 Å². The van der Waals surface area contributed by atoms with E-state index >= 15 is 0 Å². The number of amides is 2. The van der Waals surface area contributed by atoms with Crippen LogP contribution in [-0.2, 0) is 4.79 Å². The van der Waals surface area contributed by atoms with Gasteiger partial charge in [-0.1, -0.05) is 29.8 Å². The summed E-state index contributed by atoms with van der Waals surface area (Å²) in [5.41, 5.74) is -0.0674. The SMILES string of the molecule is O=C(Oc1ccccc1)c1nc[nH]c1C(=O)NC1CCC2(CCCN(c3ccc(F)cc3Cl)C2=O)CC1. The van der Waals surface area contributed by atoms with Gasteiger partial charge in [-0.25, -0.2) is 14.2 Å². The van der Waals surface area contributed by atoms with Gasteiger partial charge in [0.2, 0.25) is 5.91 Å². The molecule has 2 N–H and O–H groups in total. The fourth-order valence-corrected chi connectivity index (χ4v) is 5.57. The lowest BCUT2D eigenvalue weighted by molar-refractivity contribution is -0.132. The maximum Gasteiger partial charge on any atom is 0.364 e. The number of nitrogens with one attached hydrogen (secondary N) is 2. The van der Waals surface area contributed by atoms with Gasteiger partial charge in [0.05, 0.1) is 17.0 Å². The number of piperidine rings is 1. The Bertz CT molecular complexity index is 1320. The summed E-state index contributed by atoms with van der Waals surface area (Å²) < 4.78 is 18.8. The third-order valence-electron chi connectivity index (χ3n) is 7.23. The number of carbonyl (C=O) groups is 3. The molecule has 2 fully saturated rings. The van der Waals surface area contributed by atoms with E-state index in [4.69, 9.17) is 16.3 Å². The van der Waals surface area contributed by atoms with E-state index < -0.39 is 23.1 Å². The lowest BCUT2D eigenvalue weighted by atomic mass is 9.67. The molecule has 2 aromatic carbocycles. The monoisotopic (exact) mass is 524 g/mol. The maximum absolute atomic E-state index is 13.5. The van der Waals surface area contributed by atoms with Gasteiger partial charge >= 0.3 is 5.97 Å². The molecule has 10 heteroatoms. The molecule has 0 atom stereocenters. The molecule has 1 aliphatic carbocycles. The van der Waals surface area contributed by atoms with E-state index in [0.29, 0.717) is 43.7 Å². The molecular formula is C27H26ClFN4O4. The average Bonchev–Trinajstić information content (AvgIpc) is 3.39. The van der Waals surface area contributed by atoms with Crippen LogP contribution < -0.4 is 15.0 Å². The number of para-hydroxylation sites is 1. The van der Waals surface area contributed by atoms with Gasteiger partial charge < -0.3 is 19.9 Å². The first kappa shape index (κ1) is 25.0. The number of rotatable bonds is 5. The maximum atomic E-state index is 13.5. The van der Waals surface area contributed by atoms with E-state index in [0.717, 1.165) is 12.8 Å². The van der Waals surface area contributed by atoms with Crippen LogP contribution in [-0.4, -0.2) is 40.3 Å². The highest BCUT2D eigenvalue weighted by Gasteiger charge is 2.46. The van der Waals surface area contributed by atoms with Crippen molar-refractivity contribution >= 4 is 35.1 Å². The molecule has 0 bridgehead atoms. The topological polar surface area (TPSA) is 104 Å². The molecule has 3 aromatic rings. The number of aromatic amines is 1. The van der Waals surface area contributed by atoms with Crippen LogP contribution in [0.25, 0.3) is 0 Å². The highest BCUT2D eigenvalue weighted by atomic mass is 35.5. The fraction of sp³-hybridized carbons (Fsp3) is 0.333. The number of anilines is 1. The van der Waals surface area contributed by atoms with Crippen molar-refractivity contribution in [1.82, 2.24) is 15.3 Å². The number of aromatic nitrogens is 2. The van der Waals surface area contributed by atoms with Crippen molar-refractivity contribution in [2.45, 2.75) is 44.6 Å². The molecule has 5 rings (SSSR count). The summed E-state index contributed by atoms with van der Waals surface area (Å²) in [7, 11) is 0. The van der Waals surface area contributed by atoms with Gasteiger partial charge in [0, 0.05) is 18.0 Å². The summed E-state index contributed by atoms with van der Waals surface area (Å²) in [5.74, 6) is -1.28. The second-order valence-electron chi connectivity index (χ2n) is 9.51. The number of imidazole rings is 1. The number of benzene rings is 2. The second-order valence-corrected chi connectivity index (χ2v) is 9.92. The summed E-state index contributed by atoms with van der Waals surface area (Å²) in [6, 6.07) is 12.5. The molecule has 0 radical (unpaired) electrons. The highest BCUT2D eigenvalue weighted by Crippen LogP contribution is 2.46. The van der Waals surface area contributed by atoms with E-state index in [1.54, 1.807) is 41.3 Å². The Kier molecular flexibility index (Phi) is 6.97. The molecule has 1 aromatic heterocycles. The van der Waals surface area contributed by atoms with Crippen molar-refractivity contribution in [2.75, 3.05) is 11.4 Å². The summed E-state index contributed by atoms with van der Waals surface area (Å²) >= 11 is 6.24. The van der Waals surface area contributed by atoms with Crippen LogP contribution in [0.5, 0.6) is 5.75 Å². The smallest absolute Gasteiger partial charge is 0.364 e. The van der Waals surface area contributed by atoms with Gasteiger partial charge in [-0.2, -0.15) is 0 Å². The van der Waals surface area contributed by atoms with Crippen molar-refractivity contribution in [3.05, 3.63) is 77.1 Å². The minimum Gasteiger partial charge on any atom is -0.422 e. The number of esters is 1. The number of nitrogens with zero attached hydrogens (tertiary/aromatic N) is 2. The first-order valence-electron chi connectivity index (χ1n) is 12.2. The predicted molar refractivity (Wildman–Crippen MR) is 135 cm³/mol. The average molecular weight is 525 g/mol. The van der Waals surface area contributed by atoms with Crippen LogP contribution in [0.3, 0.4) is 0 Å². The molecule has 2 aliphatic rings. The summed E-state index contributed by atoms with van der Waals surface area (Å²) in [6.45, 7) is 0.535. The van der Waals surface area contributed by atoms with Crippen LogP contribution in [0.2, 0.25) is 5.02 Å². The Labute approximate surface area is 218 Å². The van der Waals surface area contributed by atoms with E-state index in [2.05, 4.69) is 15.3 Å². The number of ether oxygens (including phenoxy) is 1. The molecule has 0 unspecified atom stereocenters. The molecule has 192 valence electrons.